The Morgan fingerprint density at radius 1 is 1.24 bits per heavy atom. The van der Waals surface area contributed by atoms with E-state index in [2.05, 4.69) is 4.74 Å². The lowest BCUT2D eigenvalue weighted by atomic mass is 10.1. The number of esters is 1. The largest absolute Gasteiger partial charge is 0.465 e. The van der Waals surface area contributed by atoms with Gasteiger partial charge in [-0.15, -0.1) is 0 Å². The Kier molecular flexibility index (Phi) is 4.13. The molecule has 1 aliphatic heterocycles. The third-order valence-electron chi connectivity index (χ3n) is 3.15. The first-order chi connectivity index (χ1) is 9.87. The molecule has 0 saturated heterocycles. The Bertz CT molecular complexity index is 703. The van der Waals surface area contributed by atoms with Crippen molar-refractivity contribution in [2.75, 3.05) is 13.7 Å². The fourth-order valence-corrected chi connectivity index (χ4v) is 3.39. The van der Waals surface area contributed by atoms with Gasteiger partial charge in [0.25, 0.3) is 15.9 Å². The minimum atomic E-state index is -3.97. The minimum Gasteiger partial charge on any atom is -0.465 e. The normalized spacial score (nSPS) is 15.6. The van der Waals surface area contributed by atoms with E-state index in [-0.39, 0.29) is 23.4 Å². The van der Waals surface area contributed by atoms with E-state index < -0.39 is 21.9 Å². The van der Waals surface area contributed by atoms with E-state index in [1.54, 1.807) is 12.1 Å². The summed E-state index contributed by atoms with van der Waals surface area (Å²) < 4.78 is 30.2. The molecule has 0 aliphatic carbocycles. The maximum absolute atomic E-state index is 12.5. The molecule has 0 spiro atoms. The van der Waals surface area contributed by atoms with E-state index in [1.165, 1.54) is 18.2 Å². The SMILES string of the molecule is COC(=O)C1=CCCN(S(=O)(=O)c2ccc(C)cc2)C1=O. The summed E-state index contributed by atoms with van der Waals surface area (Å²) in [4.78, 5) is 23.7. The van der Waals surface area contributed by atoms with Crippen molar-refractivity contribution >= 4 is 21.9 Å². The van der Waals surface area contributed by atoms with Gasteiger partial charge in [-0.3, -0.25) is 4.79 Å². The van der Waals surface area contributed by atoms with Crippen molar-refractivity contribution in [3.05, 3.63) is 41.5 Å². The average Bonchev–Trinajstić information content (AvgIpc) is 2.47. The van der Waals surface area contributed by atoms with Gasteiger partial charge in [0.1, 0.15) is 5.57 Å². The molecule has 2 rings (SSSR count). The summed E-state index contributed by atoms with van der Waals surface area (Å²) in [6, 6.07) is 6.18. The number of sulfonamides is 1. The van der Waals surface area contributed by atoms with Crippen LogP contribution in [0.15, 0.2) is 40.8 Å². The van der Waals surface area contributed by atoms with Crippen molar-refractivity contribution in [3.63, 3.8) is 0 Å². The summed E-state index contributed by atoms with van der Waals surface area (Å²) in [5.41, 5.74) is 0.661. The van der Waals surface area contributed by atoms with E-state index in [9.17, 15) is 18.0 Å². The molecule has 1 aliphatic rings. The van der Waals surface area contributed by atoms with Crippen LogP contribution in [-0.4, -0.2) is 38.3 Å². The Labute approximate surface area is 123 Å². The highest BCUT2D eigenvalue weighted by Gasteiger charge is 2.36. The molecule has 0 unspecified atom stereocenters. The van der Waals surface area contributed by atoms with Crippen LogP contribution in [0, 0.1) is 6.92 Å². The van der Waals surface area contributed by atoms with Crippen LogP contribution in [0.2, 0.25) is 0 Å². The molecule has 1 amide bonds. The van der Waals surface area contributed by atoms with Gasteiger partial charge in [0.2, 0.25) is 0 Å². The van der Waals surface area contributed by atoms with Crippen molar-refractivity contribution in [1.29, 1.82) is 0 Å². The number of amides is 1. The molecule has 112 valence electrons. The first kappa shape index (κ1) is 15.2. The Balaban J connectivity index is 2.38. The number of carbonyl (C=O) groups excluding carboxylic acids is 2. The number of rotatable bonds is 3. The summed E-state index contributed by atoms with van der Waals surface area (Å²) >= 11 is 0. The second kappa shape index (κ2) is 5.69. The second-order valence-corrected chi connectivity index (χ2v) is 6.46. The third-order valence-corrected chi connectivity index (χ3v) is 4.95. The van der Waals surface area contributed by atoms with Gasteiger partial charge < -0.3 is 4.74 Å². The molecule has 0 aromatic heterocycles. The highest BCUT2D eigenvalue weighted by Crippen LogP contribution is 2.22. The Morgan fingerprint density at radius 3 is 2.43 bits per heavy atom. The predicted molar refractivity (Wildman–Crippen MR) is 74.8 cm³/mol. The lowest BCUT2D eigenvalue weighted by molar-refractivity contribution is -0.139. The molecule has 6 nitrogen and oxygen atoms in total. The van der Waals surface area contributed by atoms with Crippen molar-refractivity contribution in [1.82, 2.24) is 4.31 Å². The quantitative estimate of drug-likeness (QED) is 0.615. The molecule has 0 bridgehead atoms. The molecule has 0 radical (unpaired) electrons. The number of nitrogens with zero attached hydrogens (tertiary/aromatic N) is 1. The summed E-state index contributed by atoms with van der Waals surface area (Å²) in [5.74, 6) is -1.68. The van der Waals surface area contributed by atoms with E-state index in [1.807, 2.05) is 6.92 Å². The van der Waals surface area contributed by atoms with E-state index in [0.29, 0.717) is 4.31 Å². The lowest BCUT2D eigenvalue weighted by Crippen LogP contribution is -2.42. The highest BCUT2D eigenvalue weighted by molar-refractivity contribution is 7.89. The molecule has 0 saturated carbocycles. The Hall–Kier alpha value is -2.15. The van der Waals surface area contributed by atoms with E-state index in [0.717, 1.165) is 12.7 Å². The number of hydrogen-bond acceptors (Lipinski definition) is 5. The number of ether oxygens (including phenoxy) is 1. The molecule has 1 aromatic carbocycles. The van der Waals surface area contributed by atoms with Crippen molar-refractivity contribution in [2.45, 2.75) is 18.2 Å². The standard InChI is InChI=1S/C14H15NO5S/c1-10-5-7-11(8-6-10)21(18,19)15-9-3-4-12(13(15)16)14(17)20-2/h4-8H,3,9H2,1-2H3. The molecule has 0 atom stereocenters. The zero-order chi connectivity index (χ0) is 15.6. The number of hydrogen-bond donors (Lipinski definition) is 0. The zero-order valence-corrected chi connectivity index (χ0v) is 12.5. The number of benzene rings is 1. The van der Waals surface area contributed by atoms with Crippen molar-refractivity contribution < 1.29 is 22.7 Å². The van der Waals surface area contributed by atoms with Crippen LogP contribution >= 0.6 is 0 Å². The topological polar surface area (TPSA) is 80.8 Å². The van der Waals surface area contributed by atoms with Crippen LogP contribution in [0.25, 0.3) is 0 Å². The van der Waals surface area contributed by atoms with Gasteiger partial charge in [-0.1, -0.05) is 23.8 Å². The number of methoxy groups -OCH3 is 1. The van der Waals surface area contributed by atoms with Crippen LogP contribution in [0.5, 0.6) is 0 Å². The molecular formula is C14H15NO5S. The van der Waals surface area contributed by atoms with Gasteiger partial charge in [-0.25, -0.2) is 17.5 Å². The van der Waals surface area contributed by atoms with Crippen LogP contribution in [0.1, 0.15) is 12.0 Å². The lowest BCUT2D eigenvalue weighted by Gasteiger charge is -2.25. The van der Waals surface area contributed by atoms with Gasteiger partial charge in [-0.05, 0) is 25.5 Å². The summed E-state index contributed by atoms with van der Waals surface area (Å²) in [7, 11) is -2.82. The predicted octanol–water partition coefficient (Wildman–Crippen LogP) is 1.02. The summed E-state index contributed by atoms with van der Waals surface area (Å²) in [6.45, 7) is 1.84. The molecule has 1 heterocycles. The highest BCUT2D eigenvalue weighted by atomic mass is 32.2. The van der Waals surface area contributed by atoms with Gasteiger partial charge in [0.15, 0.2) is 0 Å². The molecule has 21 heavy (non-hydrogen) atoms. The second-order valence-electron chi connectivity index (χ2n) is 4.59. The van der Waals surface area contributed by atoms with Crippen LogP contribution in [0.3, 0.4) is 0 Å². The van der Waals surface area contributed by atoms with E-state index in [4.69, 9.17) is 0 Å². The molecule has 0 fully saturated rings. The monoisotopic (exact) mass is 309 g/mol. The summed E-state index contributed by atoms with van der Waals surface area (Å²) in [5, 5.41) is 0. The number of aryl methyl sites for hydroxylation is 1. The Morgan fingerprint density at radius 2 is 1.86 bits per heavy atom. The van der Waals surface area contributed by atoms with Gasteiger partial charge in [-0.2, -0.15) is 0 Å². The van der Waals surface area contributed by atoms with Crippen LogP contribution in [-0.2, 0) is 24.3 Å². The van der Waals surface area contributed by atoms with Crippen LogP contribution < -0.4 is 0 Å². The molecule has 7 heteroatoms. The third kappa shape index (κ3) is 2.82. The maximum Gasteiger partial charge on any atom is 0.343 e. The van der Waals surface area contributed by atoms with E-state index >= 15 is 0 Å². The van der Waals surface area contributed by atoms with Gasteiger partial charge in [0.05, 0.1) is 12.0 Å². The molecule has 1 aromatic rings. The fourth-order valence-electron chi connectivity index (χ4n) is 2.00. The molecular weight excluding hydrogens is 294 g/mol. The fraction of sp³-hybridized carbons (Fsp3) is 0.286. The minimum absolute atomic E-state index is 0.00946. The summed E-state index contributed by atoms with van der Waals surface area (Å²) in [6.07, 6.45) is 1.68. The maximum atomic E-state index is 12.5. The van der Waals surface area contributed by atoms with Gasteiger partial charge >= 0.3 is 5.97 Å². The molecule has 0 N–H and O–H groups in total. The average molecular weight is 309 g/mol. The first-order valence-corrected chi connectivity index (χ1v) is 7.74. The zero-order valence-electron chi connectivity index (χ0n) is 11.7. The smallest absolute Gasteiger partial charge is 0.343 e. The van der Waals surface area contributed by atoms with Crippen LogP contribution in [0.4, 0.5) is 0 Å². The number of carbonyl (C=O) groups is 2. The van der Waals surface area contributed by atoms with Gasteiger partial charge in [0, 0.05) is 6.54 Å². The van der Waals surface area contributed by atoms with Crippen molar-refractivity contribution in [2.24, 2.45) is 0 Å². The van der Waals surface area contributed by atoms with Crippen molar-refractivity contribution in [3.8, 4) is 0 Å². The first-order valence-electron chi connectivity index (χ1n) is 6.30.